The molecule has 4 heteroatoms. The second-order valence-corrected chi connectivity index (χ2v) is 5.26. The molecule has 0 unspecified atom stereocenters. The Hall–Kier alpha value is -2.23. The first-order valence-electron chi connectivity index (χ1n) is 7.21. The van der Waals surface area contributed by atoms with Crippen LogP contribution in [0, 0.1) is 6.92 Å². The third-order valence-electron chi connectivity index (χ3n) is 3.85. The number of carbonyl (C=O) groups excluding carboxylic acids is 1. The van der Waals surface area contributed by atoms with Crippen molar-refractivity contribution < 1.29 is 14.3 Å². The Kier molecular flexibility index (Phi) is 3.45. The lowest BCUT2D eigenvalue weighted by Crippen LogP contribution is -2.15. The Bertz CT molecular complexity index is 700. The van der Waals surface area contributed by atoms with E-state index in [9.17, 15) is 4.79 Å². The van der Waals surface area contributed by atoms with Gasteiger partial charge in [0.2, 0.25) is 0 Å². The number of ketones is 1. The molecule has 0 aliphatic carbocycles. The predicted octanol–water partition coefficient (Wildman–Crippen LogP) is 3.36. The molecule has 0 radical (unpaired) electrons. The molecule has 2 heterocycles. The molecule has 1 aliphatic rings. The quantitative estimate of drug-likeness (QED) is 0.812. The van der Waals surface area contributed by atoms with Crippen LogP contribution < -0.4 is 9.47 Å². The molecule has 21 heavy (non-hydrogen) atoms. The van der Waals surface area contributed by atoms with Crippen LogP contribution in [0.1, 0.15) is 29.4 Å². The van der Waals surface area contributed by atoms with E-state index in [2.05, 4.69) is 0 Å². The number of aryl methyl sites for hydroxylation is 1. The van der Waals surface area contributed by atoms with Crippen LogP contribution in [0.4, 0.5) is 0 Å². The van der Waals surface area contributed by atoms with Crippen molar-refractivity contribution in [2.45, 2.75) is 20.3 Å². The molecule has 0 saturated heterocycles. The molecule has 0 amide bonds. The van der Waals surface area contributed by atoms with Gasteiger partial charge in [-0.2, -0.15) is 0 Å². The Labute approximate surface area is 124 Å². The van der Waals surface area contributed by atoms with Gasteiger partial charge in [0.15, 0.2) is 17.3 Å². The maximum Gasteiger partial charge on any atom is 0.178 e. The summed E-state index contributed by atoms with van der Waals surface area (Å²) in [6.07, 6.45) is 0.512. The zero-order valence-electron chi connectivity index (χ0n) is 12.6. The molecule has 1 aromatic heterocycles. The van der Waals surface area contributed by atoms with Gasteiger partial charge >= 0.3 is 0 Å². The van der Waals surface area contributed by atoms with Crippen molar-refractivity contribution in [2.75, 3.05) is 13.2 Å². The first-order valence-corrected chi connectivity index (χ1v) is 7.21. The highest BCUT2D eigenvalue weighted by molar-refractivity contribution is 5.96. The minimum atomic E-state index is 0.157. The molecule has 1 aliphatic heterocycles. The highest BCUT2D eigenvalue weighted by Crippen LogP contribution is 2.36. The van der Waals surface area contributed by atoms with Crippen molar-refractivity contribution in [1.29, 1.82) is 0 Å². The van der Waals surface area contributed by atoms with Crippen molar-refractivity contribution in [3.8, 4) is 22.8 Å². The summed E-state index contributed by atoms with van der Waals surface area (Å²) < 4.78 is 13.2. The summed E-state index contributed by atoms with van der Waals surface area (Å²) in [5, 5.41) is 0. The molecule has 0 bridgehead atoms. The molecule has 110 valence electrons. The molecule has 0 fully saturated rings. The lowest BCUT2D eigenvalue weighted by molar-refractivity contribution is 0.0980. The Morgan fingerprint density at radius 1 is 1.19 bits per heavy atom. The maximum atomic E-state index is 12.0. The van der Waals surface area contributed by atoms with E-state index in [-0.39, 0.29) is 5.78 Å². The molecule has 0 N–H and O–H groups in total. The second kappa shape index (κ2) is 5.28. The van der Waals surface area contributed by atoms with Crippen molar-refractivity contribution >= 4 is 5.78 Å². The normalized spacial score (nSPS) is 13.3. The van der Waals surface area contributed by atoms with Crippen LogP contribution in [-0.4, -0.2) is 23.6 Å². The maximum absolute atomic E-state index is 12.0. The van der Waals surface area contributed by atoms with Crippen molar-refractivity contribution in [3.05, 3.63) is 35.5 Å². The van der Waals surface area contributed by atoms with Gasteiger partial charge in [-0.05, 0) is 36.8 Å². The van der Waals surface area contributed by atoms with E-state index in [1.807, 2.05) is 49.7 Å². The second-order valence-electron chi connectivity index (χ2n) is 5.26. The van der Waals surface area contributed by atoms with Gasteiger partial charge in [-0.3, -0.25) is 4.79 Å². The van der Waals surface area contributed by atoms with Crippen LogP contribution in [0.15, 0.2) is 24.3 Å². The molecular formula is C17H19NO3. The molecule has 0 spiro atoms. The van der Waals surface area contributed by atoms with Gasteiger partial charge in [-0.25, -0.2) is 0 Å². The molecular weight excluding hydrogens is 266 g/mol. The van der Waals surface area contributed by atoms with E-state index >= 15 is 0 Å². The number of hydrogen-bond acceptors (Lipinski definition) is 3. The third-order valence-corrected chi connectivity index (χ3v) is 3.85. The summed E-state index contributed by atoms with van der Waals surface area (Å²) >= 11 is 0. The molecule has 1 aromatic carbocycles. The Morgan fingerprint density at radius 3 is 2.62 bits per heavy atom. The molecule has 3 rings (SSSR count). The SMILES string of the molecule is CCC(=O)c1cc(C)c(-c2ccc3c(c2)OCCO3)n1C. The van der Waals surface area contributed by atoms with E-state index < -0.39 is 0 Å². The van der Waals surface area contributed by atoms with Gasteiger partial charge in [0.1, 0.15) is 13.2 Å². The average Bonchev–Trinajstić information content (AvgIpc) is 2.81. The largest absolute Gasteiger partial charge is 0.486 e. The molecule has 4 nitrogen and oxygen atoms in total. The monoisotopic (exact) mass is 285 g/mol. The van der Waals surface area contributed by atoms with Crippen molar-refractivity contribution in [1.82, 2.24) is 4.57 Å². The fraction of sp³-hybridized carbons (Fsp3) is 0.353. The van der Waals surface area contributed by atoms with Crippen molar-refractivity contribution in [3.63, 3.8) is 0 Å². The molecule has 2 aromatic rings. The zero-order valence-corrected chi connectivity index (χ0v) is 12.6. The first-order chi connectivity index (χ1) is 10.1. The van der Waals surface area contributed by atoms with E-state index in [0.717, 1.165) is 34.0 Å². The minimum absolute atomic E-state index is 0.157. The van der Waals surface area contributed by atoms with Crippen LogP contribution in [0.5, 0.6) is 11.5 Å². The molecule has 0 saturated carbocycles. The summed E-state index contributed by atoms with van der Waals surface area (Å²) in [6, 6.07) is 7.88. The van der Waals surface area contributed by atoms with E-state index in [4.69, 9.17) is 9.47 Å². The summed E-state index contributed by atoms with van der Waals surface area (Å²) in [5.74, 6) is 1.70. The standard InChI is InChI=1S/C17H19NO3/c1-4-14(19)13-9-11(2)17(18(13)3)12-5-6-15-16(10-12)21-8-7-20-15/h5-6,9-10H,4,7-8H2,1-3H3. The highest BCUT2D eigenvalue weighted by atomic mass is 16.6. The van der Waals surface area contributed by atoms with Gasteiger partial charge in [-0.1, -0.05) is 6.92 Å². The van der Waals surface area contributed by atoms with Crippen LogP contribution in [0.2, 0.25) is 0 Å². The Morgan fingerprint density at radius 2 is 1.90 bits per heavy atom. The van der Waals surface area contributed by atoms with E-state index in [1.54, 1.807) is 0 Å². The lowest BCUT2D eigenvalue weighted by Gasteiger charge is -2.19. The van der Waals surface area contributed by atoms with Gasteiger partial charge in [0.25, 0.3) is 0 Å². The van der Waals surface area contributed by atoms with Gasteiger partial charge < -0.3 is 14.0 Å². The summed E-state index contributed by atoms with van der Waals surface area (Å²) in [4.78, 5) is 12.0. The van der Waals surface area contributed by atoms with Crippen LogP contribution in [0.3, 0.4) is 0 Å². The predicted molar refractivity (Wildman–Crippen MR) is 81.2 cm³/mol. The number of carbonyl (C=O) groups is 1. The number of ether oxygens (including phenoxy) is 2. The van der Waals surface area contributed by atoms with Crippen LogP contribution in [0.25, 0.3) is 11.3 Å². The van der Waals surface area contributed by atoms with Gasteiger partial charge in [0.05, 0.1) is 11.4 Å². The van der Waals surface area contributed by atoms with Crippen LogP contribution in [-0.2, 0) is 7.05 Å². The minimum Gasteiger partial charge on any atom is -0.486 e. The smallest absolute Gasteiger partial charge is 0.178 e. The van der Waals surface area contributed by atoms with E-state index in [0.29, 0.717) is 19.6 Å². The number of nitrogens with zero attached hydrogens (tertiary/aromatic N) is 1. The molecule has 0 atom stereocenters. The third kappa shape index (κ3) is 2.31. The summed E-state index contributed by atoms with van der Waals surface area (Å²) in [6.45, 7) is 5.07. The van der Waals surface area contributed by atoms with E-state index in [1.165, 1.54) is 0 Å². The fourth-order valence-corrected chi connectivity index (χ4v) is 2.82. The Balaban J connectivity index is 2.08. The lowest BCUT2D eigenvalue weighted by atomic mass is 10.1. The fourth-order valence-electron chi connectivity index (χ4n) is 2.82. The highest BCUT2D eigenvalue weighted by Gasteiger charge is 2.18. The number of fused-ring (bicyclic) bond motifs is 1. The zero-order chi connectivity index (χ0) is 15.0. The summed E-state index contributed by atoms with van der Waals surface area (Å²) in [5.41, 5.74) is 3.92. The summed E-state index contributed by atoms with van der Waals surface area (Å²) in [7, 11) is 1.93. The number of aromatic nitrogens is 1. The number of rotatable bonds is 3. The number of benzene rings is 1. The number of Topliss-reactive ketones (excluding diaryl/α,β-unsaturated/α-hetero) is 1. The average molecular weight is 285 g/mol. The van der Waals surface area contributed by atoms with Crippen LogP contribution >= 0.6 is 0 Å². The topological polar surface area (TPSA) is 40.5 Å². The van der Waals surface area contributed by atoms with Gasteiger partial charge in [-0.15, -0.1) is 0 Å². The van der Waals surface area contributed by atoms with Gasteiger partial charge in [0, 0.05) is 19.0 Å². The first kappa shape index (κ1) is 13.7. The number of hydrogen-bond donors (Lipinski definition) is 0. The van der Waals surface area contributed by atoms with Crippen molar-refractivity contribution in [2.24, 2.45) is 7.05 Å².